The third kappa shape index (κ3) is 2.91. The summed E-state index contributed by atoms with van der Waals surface area (Å²) < 4.78 is 2.52. The number of hydrogen-bond acceptors (Lipinski definition) is 3. The van der Waals surface area contributed by atoms with Crippen LogP contribution < -0.4 is 0 Å². The summed E-state index contributed by atoms with van der Waals surface area (Å²) in [6.45, 7) is 1.97. The Hall–Kier alpha value is -1.66. The molecule has 6 heteroatoms. The molecule has 2 aromatic rings. The van der Waals surface area contributed by atoms with Crippen LogP contribution >= 0.6 is 15.9 Å². The predicted molar refractivity (Wildman–Crippen MR) is 78.4 cm³/mol. The minimum Gasteiger partial charge on any atom is -0.476 e. The molecule has 20 heavy (non-hydrogen) atoms. The van der Waals surface area contributed by atoms with E-state index in [9.17, 15) is 9.90 Å². The lowest BCUT2D eigenvalue weighted by Gasteiger charge is -2.06. The molecule has 1 aromatic carbocycles. The molecule has 0 spiro atoms. The number of hydrogen-bond donors (Lipinski definition) is 2. The van der Waals surface area contributed by atoms with Crippen molar-refractivity contribution in [3.05, 3.63) is 45.7 Å². The molecule has 0 fully saturated rings. The number of aryl methyl sites for hydroxylation is 1. The summed E-state index contributed by atoms with van der Waals surface area (Å²) in [5.74, 6) is -1.05. The smallest absolute Gasteiger partial charge is 0.356 e. The number of benzene rings is 1. The van der Waals surface area contributed by atoms with E-state index in [1.165, 1.54) is 0 Å². The molecule has 0 unspecified atom stereocenters. The fourth-order valence-electron chi connectivity index (χ4n) is 2.01. The number of aromatic carboxylic acids is 1. The van der Waals surface area contributed by atoms with Crippen molar-refractivity contribution < 1.29 is 15.0 Å². The second-order valence-corrected chi connectivity index (χ2v) is 5.32. The van der Waals surface area contributed by atoms with Crippen LogP contribution in [0.2, 0.25) is 0 Å². The van der Waals surface area contributed by atoms with Crippen LogP contribution in [0, 0.1) is 6.92 Å². The van der Waals surface area contributed by atoms with Crippen LogP contribution in [-0.2, 0) is 6.42 Å². The molecular formula is C14H15BrN2O3. The van der Waals surface area contributed by atoms with E-state index in [-0.39, 0.29) is 12.3 Å². The Morgan fingerprint density at radius 1 is 1.45 bits per heavy atom. The average Bonchev–Trinajstić information content (AvgIpc) is 2.83. The summed E-state index contributed by atoms with van der Waals surface area (Å²) in [4.78, 5) is 11.2. The van der Waals surface area contributed by atoms with Crippen molar-refractivity contribution in [3.63, 3.8) is 0 Å². The second-order valence-electron chi connectivity index (χ2n) is 4.46. The van der Waals surface area contributed by atoms with Gasteiger partial charge >= 0.3 is 5.97 Å². The topological polar surface area (TPSA) is 75.4 Å². The van der Waals surface area contributed by atoms with Crippen LogP contribution in [0.25, 0.3) is 5.69 Å². The number of halogens is 1. The van der Waals surface area contributed by atoms with Crippen LogP contribution in [0.1, 0.15) is 28.0 Å². The maximum Gasteiger partial charge on any atom is 0.356 e. The monoisotopic (exact) mass is 338 g/mol. The lowest BCUT2D eigenvalue weighted by atomic mass is 10.1. The zero-order chi connectivity index (χ0) is 14.7. The quantitative estimate of drug-likeness (QED) is 0.878. The third-order valence-corrected chi connectivity index (χ3v) is 3.94. The van der Waals surface area contributed by atoms with Gasteiger partial charge in [-0.15, -0.1) is 0 Å². The van der Waals surface area contributed by atoms with E-state index in [1.807, 2.05) is 25.1 Å². The minimum atomic E-state index is -1.05. The van der Waals surface area contributed by atoms with E-state index in [2.05, 4.69) is 21.0 Å². The SMILES string of the molecule is Cc1c(Br)cccc1-n1cc(CCCO)c(C(=O)O)n1. The summed E-state index contributed by atoms with van der Waals surface area (Å²) in [5.41, 5.74) is 2.49. The normalized spacial score (nSPS) is 10.8. The molecule has 0 aliphatic heterocycles. The standard InChI is InChI=1S/C14H15BrN2O3/c1-9-11(15)5-2-6-12(9)17-8-10(4-3-7-18)13(16-17)14(19)20/h2,5-6,8,18H,3-4,7H2,1H3,(H,19,20). The Labute approximate surface area is 125 Å². The average molecular weight is 339 g/mol. The van der Waals surface area contributed by atoms with E-state index in [0.29, 0.717) is 18.4 Å². The van der Waals surface area contributed by atoms with Gasteiger partial charge in [-0.25, -0.2) is 9.48 Å². The van der Waals surface area contributed by atoms with Crippen molar-refractivity contribution in [2.45, 2.75) is 19.8 Å². The van der Waals surface area contributed by atoms with Crippen LogP contribution in [0.4, 0.5) is 0 Å². The van der Waals surface area contributed by atoms with Crippen LogP contribution in [0.15, 0.2) is 28.9 Å². The summed E-state index contributed by atoms with van der Waals surface area (Å²) >= 11 is 3.45. The van der Waals surface area contributed by atoms with E-state index in [4.69, 9.17) is 5.11 Å². The number of rotatable bonds is 5. The highest BCUT2D eigenvalue weighted by molar-refractivity contribution is 9.10. The molecular weight excluding hydrogens is 324 g/mol. The van der Waals surface area contributed by atoms with Gasteiger partial charge in [-0.2, -0.15) is 5.10 Å². The van der Waals surface area contributed by atoms with Crippen molar-refractivity contribution in [2.75, 3.05) is 6.61 Å². The number of carbonyl (C=O) groups is 1. The van der Waals surface area contributed by atoms with Crippen LogP contribution in [0.5, 0.6) is 0 Å². The molecule has 0 bridgehead atoms. The minimum absolute atomic E-state index is 0.0279. The summed E-state index contributed by atoms with van der Waals surface area (Å²) in [6, 6.07) is 5.68. The Bertz CT molecular complexity index is 637. The van der Waals surface area contributed by atoms with Gasteiger partial charge in [-0.1, -0.05) is 22.0 Å². The molecule has 0 amide bonds. The van der Waals surface area contributed by atoms with Crippen molar-refractivity contribution in [3.8, 4) is 5.69 Å². The summed E-state index contributed by atoms with van der Waals surface area (Å²) in [7, 11) is 0. The molecule has 2 N–H and O–H groups in total. The predicted octanol–water partition coefficient (Wildman–Crippen LogP) is 2.57. The van der Waals surface area contributed by atoms with Crippen LogP contribution in [0.3, 0.4) is 0 Å². The first-order valence-corrected chi connectivity index (χ1v) is 7.02. The van der Waals surface area contributed by atoms with Gasteiger partial charge in [0, 0.05) is 22.8 Å². The first-order chi connectivity index (χ1) is 9.54. The van der Waals surface area contributed by atoms with E-state index >= 15 is 0 Å². The van der Waals surface area contributed by atoms with Crippen molar-refractivity contribution in [2.24, 2.45) is 0 Å². The van der Waals surface area contributed by atoms with Gasteiger partial charge in [-0.05, 0) is 37.5 Å². The molecule has 2 rings (SSSR count). The lowest BCUT2D eigenvalue weighted by Crippen LogP contribution is -2.04. The molecule has 0 radical (unpaired) electrons. The van der Waals surface area contributed by atoms with Gasteiger partial charge in [0.05, 0.1) is 5.69 Å². The van der Waals surface area contributed by atoms with Gasteiger partial charge in [0.25, 0.3) is 0 Å². The van der Waals surface area contributed by atoms with Gasteiger partial charge in [0.2, 0.25) is 0 Å². The largest absolute Gasteiger partial charge is 0.476 e. The number of aromatic nitrogens is 2. The van der Waals surface area contributed by atoms with Crippen molar-refractivity contribution in [1.29, 1.82) is 0 Å². The van der Waals surface area contributed by atoms with Gasteiger partial charge in [0.1, 0.15) is 0 Å². The Morgan fingerprint density at radius 3 is 2.85 bits per heavy atom. The Kier molecular flexibility index (Phi) is 4.57. The van der Waals surface area contributed by atoms with Crippen molar-refractivity contribution in [1.82, 2.24) is 9.78 Å². The number of carboxylic acid groups (broad SMARTS) is 1. The number of aliphatic hydroxyl groups excluding tert-OH is 1. The van der Waals surface area contributed by atoms with Gasteiger partial charge < -0.3 is 10.2 Å². The molecule has 1 aromatic heterocycles. The fourth-order valence-corrected chi connectivity index (χ4v) is 2.37. The van der Waals surface area contributed by atoms with Crippen LogP contribution in [-0.4, -0.2) is 32.6 Å². The maximum absolute atomic E-state index is 11.2. The van der Waals surface area contributed by atoms with Gasteiger partial charge in [0.15, 0.2) is 5.69 Å². The summed E-state index contributed by atoms with van der Waals surface area (Å²) in [5, 5.41) is 22.2. The molecule has 106 valence electrons. The fraction of sp³-hybridized carbons (Fsp3) is 0.286. The van der Waals surface area contributed by atoms with Gasteiger partial charge in [-0.3, -0.25) is 0 Å². The molecule has 0 atom stereocenters. The molecule has 0 aliphatic carbocycles. The Morgan fingerprint density at radius 2 is 2.20 bits per heavy atom. The summed E-state index contributed by atoms with van der Waals surface area (Å²) in [6.07, 6.45) is 2.72. The highest BCUT2D eigenvalue weighted by Crippen LogP contribution is 2.23. The van der Waals surface area contributed by atoms with E-state index in [0.717, 1.165) is 15.7 Å². The van der Waals surface area contributed by atoms with E-state index in [1.54, 1.807) is 10.9 Å². The molecule has 0 aliphatic rings. The molecule has 0 saturated carbocycles. The highest BCUT2D eigenvalue weighted by atomic mass is 79.9. The number of aliphatic hydroxyl groups is 1. The molecule has 1 heterocycles. The maximum atomic E-state index is 11.2. The lowest BCUT2D eigenvalue weighted by molar-refractivity contribution is 0.0688. The number of nitrogens with zero attached hydrogens (tertiary/aromatic N) is 2. The second kappa shape index (κ2) is 6.19. The highest BCUT2D eigenvalue weighted by Gasteiger charge is 2.17. The van der Waals surface area contributed by atoms with Crippen molar-refractivity contribution >= 4 is 21.9 Å². The third-order valence-electron chi connectivity index (χ3n) is 3.08. The molecule has 5 nitrogen and oxygen atoms in total. The van der Waals surface area contributed by atoms with E-state index < -0.39 is 5.97 Å². The first-order valence-electron chi connectivity index (χ1n) is 6.22. The Balaban J connectivity index is 2.47. The molecule has 0 saturated heterocycles. The zero-order valence-electron chi connectivity index (χ0n) is 11.0. The number of carboxylic acids is 1. The first kappa shape index (κ1) is 14.7. The zero-order valence-corrected chi connectivity index (χ0v) is 12.6.